The summed E-state index contributed by atoms with van der Waals surface area (Å²) in [5.74, 6) is -0.939. The van der Waals surface area contributed by atoms with Gasteiger partial charge in [0, 0.05) is 22.0 Å². The van der Waals surface area contributed by atoms with E-state index in [4.69, 9.17) is 39.5 Å². The van der Waals surface area contributed by atoms with Crippen molar-refractivity contribution < 1.29 is 14.3 Å². The number of carbonyl (C=O) groups excluding carboxylic acids is 2. The van der Waals surface area contributed by atoms with Gasteiger partial charge in [-0.05, 0) is 41.5 Å². The van der Waals surface area contributed by atoms with E-state index in [1.165, 1.54) is 24.5 Å². The highest BCUT2D eigenvalue weighted by Crippen LogP contribution is 2.36. The van der Waals surface area contributed by atoms with Gasteiger partial charge in [0.15, 0.2) is 0 Å². The van der Waals surface area contributed by atoms with E-state index in [-0.39, 0.29) is 5.56 Å². The van der Waals surface area contributed by atoms with Crippen LogP contribution in [0, 0.1) is 0 Å². The first-order valence-electron chi connectivity index (χ1n) is 8.29. The molecule has 1 aromatic heterocycles. The third kappa shape index (κ3) is 5.19. The first-order chi connectivity index (χ1) is 13.9. The third-order valence-corrected chi connectivity index (χ3v) is 5.83. The van der Waals surface area contributed by atoms with Crippen LogP contribution in [-0.2, 0) is 9.53 Å². The molecule has 0 saturated heterocycles. The summed E-state index contributed by atoms with van der Waals surface area (Å²) in [6, 6.07) is 12.1. The second kappa shape index (κ2) is 9.46. The van der Waals surface area contributed by atoms with Crippen LogP contribution >= 0.6 is 46.1 Å². The van der Waals surface area contributed by atoms with E-state index in [1.54, 1.807) is 53.9 Å². The number of thiophene rings is 1. The standard InChI is InChI=1S/C21H14Cl3NO3S/c1-28-21(27)19-15(13-4-6-14(22)7-5-13)11-29-20(19)25-18(26)9-3-12-2-8-16(23)17(24)10-12/h2-11H,1H3,(H,25,26)/b9-3+. The van der Waals surface area contributed by atoms with E-state index in [1.807, 2.05) is 0 Å². The van der Waals surface area contributed by atoms with Crippen molar-refractivity contribution in [3.63, 3.8) is 0 Å². The van der Waals surface area contributed by atoms with Crippen LogP contribution < -0.4 is 5.32 Å². The van der Waals surface area contributed by atoms with Crippen molar-refractivity contribution in [2.45, 2.75) is 0 Å². The lowest BCUT2D eigenvalue weighted by Gasteiger charge is -2.07. The lowest BCUT2D eigenvalue weighted by atomic mass is 10.0. The number of hydrogen-bond acceptors (Lipinski definition) is 4. The van der Waals surface area contributed by atoms with Gasteiger partial charge in [-0.1, -0.05) is 53.0 Å². The summed E-state index contributed by atoms with van der Waals surface area (Å²) in [4.78, 5) is 24.7. The Morgan fingerprint density at radius 3 is 2.41 bits per heavy atom. The van der Waals surface area contributed by atoms with Gasteiger partial charge in [0.05, 0.1) is 17.2 Å². The molecule has 0 aliphatic rings. The molecular weight excluding hydrogens is 453 g/mol. The molecule has 0 unspecified atom stereocenters. The highest BCUT2D eigenvalue weighted by Gasteiger charge is 2.21. The van der Waals surface area contributed by atoms with Crippen LogP contribution in [0.15, 0.2) is 53.9 Å². The summed E-state index contributed by atoms with van der Waals surface area (Å²) in [5, 5.41) is 6.33. The van der Waals surface area contributed by atoms with Crippen LogP contribution in [0.3, 0.4) is 0 Å². The number of ether oxygens (including phenoxy) is 1. The van der Waals surface area contributed by atoms with Crippen molar-refractivity contribution >= 4 is 69.1 Å². The first-order valence-corrected chi connectivity index (χ1v) is 10.3. The van der Waals surface area contributed by atoms with Crippen LogP contribution in [0.1, 0.15) is 15.9 Å². The largest absolute Gasteiger partial charge is 0.465 e. The minimum atomic E-state index is -0.542. The fourth-order valence-electron chi connectivity index (χ4n) is 2.54. The molecule has 0 bridgehead atoms. The SMILES string of the molecule is COC(=O)c1c(-c2ccc(Cl)cc2)csc1NC(=O)/C=C/c1ccc(Cl)c(Cl)c1. The lowest BCUT2D eigenvalue weighted by Crippen LogP contribution is -2.11. The molecule has 2 aromatic carbocycles. The number of hydrogen-bond donors (Lipinski definition) is 1. The van der Waals surface area contributed by atoms with Crippen molar-refractivity contribution in [1.82, 2.24) is 0 Å². The van der Waals surface area contributed by atoms with E-state index in [9.17, 15) is 9.59 Å². The summed E-state index contributed by atoms with van der Waals surface area (Å²) in [6.07, 6.45) is 2.95. The van der Waals surface area contributed by atoms with Crippen molar-refractivity contribution in [2.75, 3.05) is 12.4 Å². The third-order valence-electron chi connectivity index (χ3n) is 3.94. The van der Waals surface area contributed by atoms with Crippen molar-refractivity contribution in [3.05, 3.63) is 80.1 Å². The van der Waals surface area contributed by atoms with E-state index < -0.39 is 11.9 Å². The molecule has 3 rings (SSSR count). The van der Waals surface area contributed by atoms with Crippen molar-refractivity contribution in [2.24, 2.45) is 0 Å². The van der Waals surface area contributed by atoms with Gasteiger partial charge in [0.1, 0.15) is 10.6 Å². The second-order valence-corrected chi connectivity index (χ2v) is 7.98. The second-order valence-electron chi connectivity index (χ2n) is 5.85. The Bertz CT molecular complexity index is 1090. The Hall–Kier alpha value is -2.31. The summed E-state index contributed by atoms with van der Waals surface area (Å²) in [6.45, 7) is 0. The highest BCUT2D eigenvalue weighted by atomic mass is 35.5. The molecular formula is C21H14Cl3NO3S. The fourth-order valence-corrected chi connectivity index (χ4v) is 3.93. The molecule has 0 saturated carbocycles. The molecule has 0 radical (unpaired) electrons. The van der Waals surface area contributed by atoms with Crippen molar-refractivity contribution in [1.29, 1.82) is 0 Å². The predicted molar refractivity (Wildman–Crippen MR) is 120 cm³/mol. The van der Waals surface area contributed by atoms with Gasteiger partial charge in [-0.3, -0.25) is 4.79 Å². The number of methoxy groups -OCH3 is 1. The Balaban J connectivity index is 1.85. The number of carbonyl (C=O) groups is 2. The maximum absolute atomic E-state index is 12.4. The average Bonchev–Trinajstić information content (AvgIpc) is 3.12. The molecule has 8 heteroatoms. The van der Waals surface area contributed by atoms with Gasteiger partial charge in [0.25, 0.3) is 0 Å². The van der Waals surface area contributed by atoms with Crippen LogP contribution in [0.2, 0.25) is 15.1 Å². The molecule has 0 atom stereocenters. The van der Waals surface area contributed by atoms with E-state index in [2.05, 4.69) is 5.32 Å². The Kier molecular flexibility index (Phi) is 6.98. The van der Waals surface area contributed by atoms with E-state index >= 15 is 0 Å². The highest BCUT2D eigenvalue weighted by molar-refractivity contribution is 7.15. The molecule has 4 nitrogen and oxygen atoms in total. The van der Waals surface area contributed by atoms with Gasteiger partial charge in [-0.25, -0.2) is 4.79 Å². The number of rotatable bonds is 5. The number of esters is 1. The predicted octanol–water partition coefficient (Wildman–Crippen LogP) is 6.81. The first kappa shape index (κ1) is 21.4. The summed E-state index contributed by atoms with van der Waals surface area (Å²) in [7, 11) is 1.29. The zero-order valence-corrected chi connectivity index (χ0v) is 18.1. The van der Waals surface area contributed by atoms with Crippen LogP contribution in [-0.4, -0.2) is 19.0 Å². The molecule has 148 valence electrons. The average molecular weight is 467 g/mol. The smallest absolute Gasteiger partial charge is 0.341 e. The summed E-state index contributed by atoms with van der Waals surface area (Å²) >= 11 is 19.0. The zero-order chi connectivity index (χ0) is 21.0. The molecule has 0 aliphatic carbocycles. The number of benzene rings is 2. The van der Waals surface area contributed by atoms with Crippen molar-refractivity contribution in [3.8, 4) is 11.1 Å². The molecule has 29 heavy (non-hydrogen) atoms. The molecule has 0 spiro atoms. The number of amides is 1. The Morgan fingerprint density at radius 2 is 1.76 bits per heavy atom. The number of halogens is 3. The molecule has 1 N–H and O–H groups in total. The Morgan fingerprint density at radius 1 is 1.03 bits per heavy atom. The zero-order valence-electron chi connectivity index (χ0n) is 15.0. The topological polar surface area (TPSA) is 55.4 Å². The monoisotopic (exact) mass is 465 g/mol. The normalized spacial score (nSPS) is 10.9. The van der Waals surface area contributed by atoms with Gasteiger partial charge in [-0.15, -0.1) is 11.3 Å². The van der Waals surface area contributed by atoms with Crippen LogP contribution in [0.25, 0.3) is 17.2 Å². The number of anilines is 1. The molecule has 1 heterocycles. The minimum absolute atomic E-state index is 0.288. The number of nitrogens with one attached hydrogen (secondary N) is 1. The quantitative estimate of drug-likeness (QED) is 0.332. The van der Waals surface area contributed by atoms with E-state index in [0.29, 0.717) is 25.6 Å². The van der Waals surface area contributed by atoms with Crippen LogP contribution in [0.4, 0.5) is 5.00 Å². The molecule has 0 aliphatic heterocycles. The Labute approximate surface area is 186 Å². The lowest BCUT2D eigenvalue weighted by molar-refractivity contribution is -0.111. The van der Waals surface area contributed by atoms with Crippen LogP contribution in [0.5, 0.6) is 0 Å². The van der Waals surface area contributed by atoms with Gasteiger partial charge < -0.3 is 10.1 Å². The molecule has 0 fully saturated rings. The van der Waals surface area contributed by atoms with E-state index in [0.717, 1.165) is 11.1 Å². The maximum Gasteiger partial charge on any atom is 0.341 e. The maximum atomic E-state index is 12.4. The minimum Gasteiger partial charge on any atom is -0.465 e. The summed E-state index contributed by atoms with van der Waals surface area (Å²) < 4.78 is 4.90. The summed E-state index contributed by atoms with van der Waals surface area (Å²) in [5.41, 5.74) is 2.45. The molecule has 1 amide bonds. The fraction of sp³-hybridized carbons (Fsp3) is 0.0476. The van der Waals surface area contributed by atoms with Gasteiger partial charge in [0.2, 0.25) is 5.91 Å². The van der Waals surface area contributed by atoms with Gasteiger partial charge >= 0.3 is 5.97 Å². The molecule has 3 aromatic rings. The van der Waals surface area contributed by atoms with Gasteiger partial charge in [-0.2, -0.15) is 0 Å².